The van der Waals surface area contributed by atoms with Gasteiger partial charge in [-0.05, 0) is 31.2 Å². The Hall–Kier alpha value is -1.52. The van der Waals surface area contributed by atoms with Crippen molar-refractivity contribution < 1.29 is 23.4 Å². The molecule has 0 saturated heterocycles. The first-order valence-corrected chi connectivity index (χ1v) is 6.58. The van der Waals surface area contributed by atoms with Crippen LogP contribution in [0, 0.1) is 0 Å². The van der Waals surface area contributed by atoms with E-state index in [1.54, 1.807) is 38.3 Å². The lowest BCUT2D eigenvalue weighted by Crippen LogP contribution is -2.30. The molecule has 1 unspecified atom stereocenters. The Kier molecular flexibility index (Phi) is 5.68. The molecule has 0 radical (unpaired) electrons. The second kappa shape index (κ2) is 7.03. The van der Waals surface area contributed by atoms with Crippen LogP contribution < -0.4 is 14.3 Å². The Morgan fingerprint density at radius 2 is 1.78 bits per heavy atom. The number of benzene rings is 1. The van der Waals surface area contributed by atoms with Crippen molar-refractivity contribution in [2.45, 2.75) is 13.0 Å². The Bertz CT molecular complexity index is 420. The van der Waals surface area contributed by atoms with Crippen LogP contribution >= 0.6 is 8.18 Å². The highest BCUT2D eigenvalue weighted by Crippen LogP contribution is 2.25. The van der Waals surface area contributed by atoms with Crippen LogP contribution in [0.5, 0.6) is 11.5 Å². The SMILES string of the molecule is COC(=O)[C@H](C)N[PH](=O)Oc1ccc(OC)cc1. The van der Waals surface area contributed by atoms with E-state index in [2.05, 4.69) is 9.82 Å². The predicted octanol–water partition coefficient (Wildman–Crippen LogP) is 1.61. The molecule has 0 fully saturated rings. The van der Waals surface area contributed by atoms with Gasteiger partial charge < -0.3 is 14.0 Å². The Morgan fingerprint density at radius 1 is 1.22 bits per heavy atom. The molecule has 0 bridgehead atoms. The first kappa shape index (κ1) is 14.5. The summed E-state index contributed by atoms with van der Waals surface area (Å²) in [6.45, 7) is 1.55. The minimum atomic E-state index is -2.56. The van der Waals surface area contributed by atoms with Crippen molar-refractivity contribution >= 4 is 14.1 Å². The van der Waals surface area contributed by atoms with E-state index in [4.69, 9.17) is 9.26 Å². The van der Waals surface area contributed by atoms with Crippen LogP contribution in [0.1, 0.15) is 6.92 Å². The topological polar surface area (TPSA) is 73.9 Å². The average molecular weight is 273 g/mol. The molecular weight excluding hydrogens is 257 g/mol. The maximum atomic E-state index is 11.6. The maximum Gasteiger partial charge on any atom is 0.323 e. The van der Waals surface area contributed by atoms with E-state index in [9.17, 15) is 9.36 Å². The fraction of sp³-hybridized carbons (Fsp3) is 0.364. The molecule has 2 atom stereocenters. The van der Waals surface area contributed by atoms with Gasteiger partial charge in [0.2, 0.25) is 0 Å². The summed E-state index contributed by atoms with van der Waals surface area (Å²) >= 11 is 0. The Morgan fingerprint density at radius 3 is 2.28 bits per heavy atom. The number of carbonyl (C=O) groups excluding carboxylic acids is 1. The molecule has 18 heavy (non-hydrogen) atoms. The minimum Gasteiger partial charge on any atom is -0.497 e. The van der Waals surface area contributed by atoms with Crippen LogP contribution in [0.4, 0.5) is 0 Å². The van der Waals surface area contributed by atoms with Crippen LogP contribution in [-0.4, -0.2) is 26.2 Å². The van der Waals surface area contributed by atoms with Crippen molar-refractivity contribution in [1.29, 1.82) is 0 Å². The van der Waals surface area contributed by atoms with E-state index >= 15 is 0 Å². The summed E-state index contributed by atoms with van der Waals surface area (Å²) < 4.78 is 26.2. The third-order valence-electron chi connectivity index (χ3n) is 2.16. The van der Waals surface area contributed by atoms with Crippen molar-refractivity contribution in [2.24, 2.45) is 0 Å². The normalized spacial score (nSPS) is 13.5. The number of carbonyl (C=O) groups is 1. The van der Waals surface area contributed by atoms with Crippen LogP contribution in [0.3, 0.4) is 0 Å². The highest BCUT2D eigenvalue weighted by molar-refractivity contribution is 7.37. The lowest BCUT2D eigenvalue weighted by Gasteiger charge is -2.12. The highest BCUT2D eigenvalue weighted by Gasteiger charge is 2.15. The van der Waals surface area contributed by atoms with Gasteiger partial charge in [-0.2, -0.15) is 0 Å². The molecule has 7 heteroatoms. The summed E-state index contributed by atoms with van der Waals surface area (Å²) in [6, 6.07) is 5.96. The quantitative estimate of drug-likeness (QED) is 0.627. The number of nitrogens with one attached hydrogen (secondary N) is 1. The number of hydrogen-bond acceptors (Lipinski definition) is 5. The lowest BCUT2D eigenvalue weighted by molar-refractivity contribution is -0.142. The van der Waals surface area contributed by atoms with Crippen LogP contribution in [-0.2, 0) is 14.1 Å². The zero-order chi connectivity index (χ0) is 13.5. The van der Waals surface area contributed by atoms with Gasteiger partial charge >= 0.3 is 14.1 Å². The Balaban J connectivity index is 2.51. The zero-order valence-corrected chi connectivity index (χ0v) is 11.4. The third-order valence-corrected chi connectivity index (χ3v) is 3.25. The molecule has 1 rings (SSSR count). The minimum absolute atomic E-state index is 0.434. The summed E-state index contributed by atoms with van der Waals surface area (Å²) in [6.07, 6.45) is 0. The fourth-order valence-corrected chi connectivity index (χ4v) is 2.07. The number of methoxy groups -OCH3 is 2. The highest BCUT2D eigenvalue weighted by atomic mass is 31.1. The smallest absolute Gasteiger partial charge is 0.323 e. The molecule has 0 heterocycles. The van der Waals surface area contributed by atoms with Crippen molar-refractivity contribution in [3.05, 3.63) is 24.3 Å². The van der Waals surface area contributed by atoms with Gasteiger partial charge in [-0.15, -0.1) is 0 Å². The van der Waals surface area contributed by atoms with E-state index in [1.807, 2.05) is 0 Å². The average Bonchev–Trinajstić information content (AvgIpc) is 2.38. The molecule has 0 aliphatic carbocycles. The van der Waals surface area contributed by atoms with Gasteiger partial charge in [-0.3, -0.25) is 9.36 Å². The second-order valence-corrected chi connectivity index (χ2v) is 4.52. The van der Waals surface area contributed by atoms with E-state index in [0.29, 0.717) is 11.5 Å². The van der Waals surface area contributed by atoms with Gasteiger partial charge in [-0.1, -0.05) is 0 Å². The van der Waals surface area contributed by atoms with Gasteiger partial charge in [0, 0.05) is 0 Å². The van der Waals surface area contributed by atoms with E-state index in [0.717, 1.165) is 0 Å². The van der Waals surface area contributed by atoms with Crippen LogP contribution in [0.25, 0.3) is 0 Å². The molecule has 100 valence electrons. The van der Waals surface area contributed by atoms with E-state index in [-0.39, 0.29) is 0 Å². The first-order chi connectivity index (χ1) is 8.56. The molecule has 6 nitrogen and oxygen atoms in total. The summed E-state index contributed by atoms with van der Waals surface area (Å²) in [7, 11) is 0.263. The van der Waals surface area contributed by atoms with Crippen molar-refractivity contribution in [3.63, 3.8) is 0 Å². The zero-order valence-electron chi connectivity index (χ0n) is 10.4. The largest absolute Gasteiger partial charge is 0.497 e. The summed E-state index contributed by atoms with van der Waals surface area (Å²) in [5.41, 5.74) is 0. The molecule has 0 spiro atoms. The molecule has 0 aliphatic heterocycles. The molecule has 1 aromatic rings. The first-order valence-electron chi connectivity index (χ1n) is 5.27. The van der Waals surface area contributed by atoms with Crippen molar-refractivity contribution in [3.8, 4) is 11.5 Å². The van der Waals surface area contributed by atoms with E-state index in [1.165, 1.54) is 7.11 Å². The second-order valence-electron chi connectivity index (χ2n) is 3.45. The van der Waals surface area contributed by atoms with E-state index < -0.39 is 20.2 Å². The summed E-state index contributed by atoms with van der Waals surface area (Å²) in [5.74, 6) is 0.619. The lowest BCUT2D eigenvalue weighted by atomic mass is 10.3. The molecular formula is C11H16NO5P. The van der Waals surface area contributed by atoms with Crippen molar-refractivity contribution in [1.82, 2.24) is 5.09 Å². The van der Waals surface area contributed by atoms with Crippen LogP contribution in [0.15, 0.2) is 24.3 Å². The van der Waals surface area contributed by atoms with Gasteiger partial charge in [0.05, 0.1) is 14.2 Å². The standard InChI is InChI=1S/C11H16NO5P/c1-8(11(13)16-3)12-18(14)17-10-6-4-9(15-2)5-7-10/h4-8,18H,1-3H3,(H,12,14)/t8-/m0/s1. The monoisotopic (exact) mass is 273 g/mol. The number of ether oxygens (including phenoxy) is 2. The van der Waals surface area contributed by atoms with Gasteiger partial charge in [0.15, 0.2) is 0 Å². The number of esters is 1. The summed E-state index contributed by atoms with van der Waals surface area (Å²) in [5, 5.41) is 2.53. The van der Waals surface area contributed by atoms with Crippen LogP contribution in [0.2, 0.25) is 0 Å². The van der Waals surface area contributed by atoms with Crippen molar-refractivity contribution in [2.75, 3.05) is 14.2 Å². The summed E-state index contributed by atoms with van der Waals surface area (Å²) in [4.78, 5) is 11.1. The number of rotatable bonds is 6. The third kappa shape index (κ3) is 4.39. The molecule has 0 amide bonds. The predicted molar refractivity (Wildman–Crippen MR) is 67.2 cm³/mol. The van der Waals surface area contributed by atoms with Gasteiger partial charge in [-0.25, -0.2) is 5.09 Å². The van der Waals surface area contributed by atoms with Gasteiger partial charge in [0.25, 0.3) is 0 Å². The molecule has 0 aliphatic rings. The molecule has 1 aromatic carbocycles. The Labute approximate surface area is 106 Å². The van der Waals surface area contributed by atoms with Gasteiger partial charge in [0.1, 0.15) is 17.5 Å². The number of hydrogen-bond donors (Lipinski definition) is 1. The molecule has 0 aromatic heterocycles. The molecule has 0 saturated carbocycles. The maximum absolute atomic E-state index is 11.6. The fourth-order valence-electron chi connectivity index (χ4n) is 1.19. The molecule has 1 N–H and O–H groups in total.